The van der Waals surface area contributed by atoms with Crippen LogP contribution in [0.15, 0.2) is 63.2 Å². The number of nitrogens with zero attached hydrogens (tertiary/aromatic N) is 2. The van der Waals surface area contributed by atoms with Gasteiger partial charge in [0.05, 0.1) is 18.1 Å². The summed E-state index contributed by atoms with van der Waals surface area (Å²) in [6, 6.07) is 15.3. The van der Waals surface area contributed by atoms with Crippen molar-refractivity contribution in [1.82, 2.24) is 14.7 Å². The van der Waals surface area contributed by atoms with Gasteiger partial charge in [-0.3, -0.25) is 9.69 Å². The van der Waals surface area contributed by atoms with Gasteiger partial charge in [0, 0.05) is 62.0 Å². The van der Waals surface area contributed by atoms with Crippen LogP contribution < -0.4 is 5.48 Å². The summed E-state index contributed by atoms with van der Waals surface area (Å²) in [5.41, 5.74) is 3.68. The summed E-state index contributed by atoms with van der Waals surface area (Å²) in [5, 5.41) is 0. The van der Waals surface area contributed by atoms with E-state index in [0.29, 0.717) is 32.9 Å². The van der Waals surface area contributed by atoms with Gasteiger partial charge < -0.3 is 9.47 Å². The molecule has 0 bridgehead atoms. The van der Waals surface area contributed by atoms with Gasteiger partial charge >= 0.3 is 0 Å². The van der Waals surface area contributed by atoms with E-state index in [9.17, 15) is 13.2 Å². The Morgan fingerprint density at radius 3 is 2.40 bits per heavy atom. The molecule has 40 heavy (non-hydrogen) atoms. The third-order valence-electron chi connectivity index (χ3n) is 6.98. The van der Waals surface area contributed by atoms with Crippen molar-refractivity contribution in [3.63, 3.8) is 0 Å². The maximum Gasteiger partial charge on any atom is 0.243 e. The van der Waals surface area contributed by atoms with Crippen LogP contribution in [-0.2, 0) is 29.1 Å². The molecule has 4 rings (SSSR count). The first kappa shape index (κ1) is 31.0. The molecule has 220 valence electrons. The number of hydrogen-bond donors (Lipinski definition) is 1. The van der Waals surface area contributed by atoms with Gasteiger partial charge in [-0.25, -0.2) is 18.7 Å². The summed E-state index contributed by atoms with van der Waals surface area (Å²) >= 11 is 1.59. The first-order valence-corrected chi connectivity index (χ1v) is 16.3. The van der Waals surface area contributed by atoms with Gasteiger partial charge in [0.1, 0.15) is 0 Å². The molecule has 0 aliphatic carbocycles. The van der Waals surface area contributed by atoms with Gasteiger partial charge in [-0.1, -0.05) is 36.4 Å². The fourth-order valence-corrected chi connectivity index (χ4v) is 7.03. The largest absolute Gasteiger partial charge is 0.379 e. The van der Waals surface area contributed by atoms with Gasteiger partial charge in [-0.2, -0.15) is 4.31 Å². The Morgan fingerprint density at radius 1 is 1.07 bits per heavy atom. The number of hydroxylamine groups is 1. The third-order valence-corrected chi connectivity index (χ3v) is 9.87. The van der Waals surface area contributed by atoms with Crippen molar-refractivity contribution < 1.29 is 27.5 Å². The zero-order valence-electron chi connectivity index (χ0n) is 23.4. The predicted octanol–water partition coefficient (Wildman–Crippen LogP) is 4.07. The second-order valence-electron chi connectivity index (χ2n) is 10.5. The summed E-state index contributed by atoms with van der Waals surface area (Å²) in [5.74, 6) is -0.503. The van der Waals surface area contributed by atoms with Crippen molar-refractivity contribution in [2.45, 2.75) is 60.5 Å². The number of ether oxygens (including phenoxy) is 2. The van der Waals surface area contributed by atoms with Gasteiger partial charge in [0.15, 0.2) is 6.29 Å². The van der Waals surface area contributed by atoms with Crippen LogP contribution in [0, 0.1) is 12.8 Å². The summed E-state index contributed by atoms with van der Waals surface area (Å²) < 4.78 is 40.0. The summed E-state index contributed by atoms with van der Waals surface area (Å²) in [6.07, 6.45) is 2.45. The highest BCUT2D eigenvalue weighted by Crippen LogP contribution is 2.29. The molecule has 2 fully saturated rings. The van der Waals surface area contributed by atoms with Gasteiger partial charge in [-0.15, -0.1) is 0 Å². The molecule has 9 nitrogen and oxygen atoms in total. The normalized spacial score (nSPS) is 19.4. The molecule has 2 aromatic carbocycles. The van der Waals surface area contributed by atoms with Crippen LogP contribution >= 0.6 is 11.8 Å². The SMILES string of the molecule is Cc1ccc(Sc2ccc(S(=O)(=O)N(CCN3CCOCC3)CC(C)CC(=O)NOC3CCCCO3)cc2)cc1. The number of sulfonamides is 1. The molecule has 0 radical (unpaired) electrons. The van der Waals surface area contributed by atoms with E-state index in [0.717, 1.165) is 42.1 Å². The number of amides is 1. The molecule has 2 aliphatic heterocycles. The fourth-order valence-electron chi connectivity index (χ4n) is 4.66. The van der Waals surface area contributed by atoms with Crippen molar-refractivity contribution in [2.24, 2.45) is 5.92 Å². The van der Waals surface area contributed by atoms with Crippen molar-refractivity contribution in [3.05, 3.63) is 54.1 Å². The van der Waals surface area contributed by atoms with Crippen LogP contribution in [0.25, 0.3) is 0 Å². The number of nitrogens with one attached hydrogen (secondary N) is 1. The van der Waals surface area contributed by atoms with E-state index >= 15 is 0 Å². The highest BCUT2D eigenvalue weighted by Gasteiger charge is 2.28. The predicted molar refractivity (Wildman–Crippen MR) is 154 cm³/mol. The van der Waals surface area contributed by atoms with E-state index in [1.807, 2.05) is 26.0 Å². The molecule has 2 saturated heterocycles. The van der Waals surface area contributed by atoms with E-state index in [4.69, 9.17) is 14.3 Å². The zero-order chi connectivity index (χ0) is 28.4. The average Bonchev–Trinajstić information content (AvgIpc) is 2.96. The molecule has 2 unspecified atom stereocenters. The molecule has 2 heterocycles. The van der Waals surface area contributed by atoms with E-state index in [1.165, 1.54) is 9.87 Å². The Kier molecular flexibility index (Phi) is 11.8. The molecule has 0 aromatic heterocycles. The van der Waals surface area contributed by atoms with E-state index in [2.05, 4.69) is 34.6 Å². The standard InChI is InChI=1S/C29H41N3O6S2/c1-23-6-8-25(9-7-23)39-26-10-12-27(13-11-26)40(34,35)32(15-14-31-16-19-36-20-17-31)22-24(2)21-28(33)30-38-29-5-3-4-18-37-29/h6-13,24,29H,3-5,14-22H2,1-2H3,(H,30,33). The van der Waals surface area contributed by atoms with Crippen LogP contribution in [0.2, 0.25) is 0 Å². The number of carbonyl (C=O) groups is 1. The molecule has 0 saturated carbocycles. The van der Waals surface area contributed by atoms with Crippen LogP contribution in [0.4, 0.5) is 0 Å². The first-order chi connectivity index (χ1) is 19.3. The molecule has 2 aromatic rings. The third kappa shape index (κ3) is 9.54. The van der Waals surface area contributed by atoms with Crippen LogP contribution in [0.5, 0.6) is 0 Å². The second-order valence-corrected chi connectivity index (χ2v) is 13.5. The monoisotopic (exact) mass is 591 g/mol. The number of rotatable bonds is 13. The summed E-state index contributed by atoms with van der Waals surface area (Å²) in [7, 11) is -3.77. The lowest BCUT2D eigenvalue weighted by atomic mass is 10.1. The zero-order valence-corrected chi connectivity index (χ0v) is 25.1. The number of benzene rings is 2. The second kappa shape index (κ2) is 15.3. The van der Waals surface area contributed by atoms with E-state index < -0.39 is 16.3 Å². The Hall–Kier alpha value is -1.99. The average molecular weight is 592 g/mol. The molecule has 0 spiro atoms. The van der Waals surface area contributed by atoms with E-state index in [1.54, 1.807) is 23.9 Å². The number of hydrogen-bond acceptors (Lipinski definition) is 8. The van der Waals surface area contributed by atoms with Gasteiger partial charge in [0.2, 0.25) is 15.9 Å². The molecular formula is C29H41N3O6S2. The van der Waals surface area contributed by atoms with E-state index in [-0.39, 0.29) is 29.7 Å². The molecule has 1 amide bonds. The lowest BCUT2D eigenvalue weighted by Gasteiger charge is -2.31. The first-order valence-electron chi connectivity index (χ1n) is 14.0. The maximum absolute atomic E-state index is 13.8. The minimum Gasteiger partial charge on any atom is -0.379 e. The topological polar surface area (TPSA) is 97.4 Å². The van der Waals surface area contributed by atoms with Crippen molar-refractivity contribution in [1.29, 1.82) is 0 Å². The molecule has 1 N–H and O–H groups in total. The van der Waals surface area contributed by atoms with Crippen LogP contribution in [0.3, 0.4) is 0 Å². The number of carbonyl (C=O) groups excluding carboxylic acids is 1. The Balaban J connectivity index is 1.39. The Labute approximate surface area is 242 Å². The van der Waals surface area contributed by atoms with Crippen molar-refractivity contribution >= 4 is 27.7 Å². The Morgan fingerprint density at radius 2 is 1.75 bits per heavy atom. The molecule has 11 heteroatoms. The summed E-state index contributed by atoms with van der Waals surface area (Å²) in [4.78, 5) is 22.4. The van der Waals surface area contributed by atoms with Crippen molar-refractivity contribution in [3.8, 4) is 0 Å². The molecule has 2 atom stereocenters. The highest BCUT2D eigenvalue weighted by molar-refractivity contribution is 7.99. The molecule has 2 aliphatic rings. The number of aryl methyl sites for hydroxylation is 1. The number of morpholine rings is 1. The maximum atomic E-state index is 13.8. The summed E-state index contributed by atoms with van der Waals surface area (Å²) in [6.45, 7) is 8.56. The van der Waals surface area contributed by atoms with Crippen molar-refractivity contribution in [2.75, 3.05) is 52.5 Å². The quantitative estimate of drug-likeness (QED) is 0.348. The minimum absolute atomic E-state index is 0.141. The van der Waals surface area contributed by atoms with Gasteiger partial charge in [-0.05, 0) is 62.1 Å². The smallest absolute Gasteiger partial charge is 0.243 e. The molecular weight excluding hydrogens is 550 g/mol. The Bertz CT molecular complexity index is 1170. The lowest BCUT2D eigenvalue weighted by molar-refractivity contribution is -0.200. The highest BCUT2D eigenvalue weighted by atomic mass is 32.2. The van der Waals surface area contributed by atoms with Gasteiger partial charge in [0.25, 0.3) is 0 Å². The minimum atomic E-state index is -3.77. The van der Waals surface area contributed by atoms with Crippen LogP contribution in [0.1, 0.15) is 38.2 Å². The fraction of sp³-hybridized carbons (Fsp3) is 0.552. The lowest BCUT2D eigenvalue weighted by Crippen LogP contribution is -2.44. The van der Waals surface area contributed by atoms with Crippen LogP contribution in [-0.4, -0.2) is 82.4 Å².